The summed E-state index contributed by atoms with van der Waals surface area (Å²) in [6.45, 7) is 1.89. The molecule has 2 aromatic carbocycles. The number of benzene rings is 2. The number of hydrogen-bond donors (Lipinski definition) is 0. The topological polar surface area (TPSA) is 73.1 Å². The minimum atomic E-state index is -0.394. The first-order valence-corrected chi connectivity index (χ1v) is 9.15. The molecule has 0 atom stereocenters. The fraction of sp³-hybridized carbons (Fsp3) is 0.158. The van der Waals surface area contributed by atoms with E-state index in [9.17, 15) is 4.79 Å². The molecule has 136 valence electrons. The Morgan fingerprint density at radius 1 is 1.11 bits per heavy atom. The lowest BCUT2D eigenvalue weighted by molar-refractivity contribution is -0.134. The van der Waals surface area contributed by atoms with Crippen molar-refractivity contribution in [1.29, 1.82) is 0 Å². The Labute approximate surface area is 160 Å². The molecule has 0 saturated carbocycles. The summed E-state index contributed by atoms with van der Waals surface area (Å²) < 4.78 is 7.44. The Morgan fingerprint density at radius 3 is 2.63 bits per heavy atom. The normalized spacial score (nSPS) is 13.5. The van der Waals surface area contributed by atoms with Gasteiger partial charge in [0.15, 0.2) is 5.76 Å². The van der Waals surface area contributed by atoms with Gasteiger partial charge < -0.3 is 9.04 Å². The Bertz CT molecular complexity index is 1020. The summed E-state index contributed by atoms with van der Waals surface area (Å²) in [5, 5.41) is 12.9. The third-order valence-corrected chi connectivity index (χ3v) is 4.98. The predicted molar refractivity (Wildman–Crippen MR) is 102 cm³/mol. The van der Waals surface area contributed by atoms with Crippen LogP contribution in [0, 0.1) is 0 Å². The van der Waals surface area contributed by atoms with E-state index in [0.717, 1.165) is 16.0 Å². The standard InChI is InChI=1S/C19H17N5O2S/c1-13(25)26-18-15-10-6-7-11-16(15)27-23(2)17(18)19-20-22-24(21-19)12-14-8-4-3-5-9-14/h3-11H,12H2,1-2H3. The largest absolute Gasteiger partial charge is 0.424 e. The van der Waals surface area contributed by atoms with Crippen LogP contribution in [0.1, 0.15) is 23.9 Å². The van der Waals surface area contributed by atoms with Crippen LogP contribution >= 0.6 is 11.9 Å². The van der Waals surface area contributed by atoms with E-state index in [1.165, 1.54) is 23.7 Å². The molecule has 0 spiro atoms. The molecule has 1 aliphatic heterocycles. The van der Waals surface area contributed by atoms with Crippen molar-refractivity contribution in [3.63, 3.8) is 0 Å². The van der Waals surface area contributed by atoms with Crippen LogP contribution in [0.15, 0.2) is 59.5 Å². The number of carbonyl (C=O) groups excluding carboxylic acids is 1. The Balaban J connectivity index is 1.75. The zero-order valence-electron chi connectivity index (χ0n) is 14.9. The number of aromatic nitrogens is 4. The number of nitrogens with zero attached hydrogens (tertiary/aromatic N) is 5. The van der Waals surface area contributed by atoms with Crippen LogP contribution in [-0.4, -0.2) is 37.5 Å². The maximum Gasteiger partial charge on any atom is 0.308 e. The van der Waals surface area contributed by atoms with Gasteiger partial charge in [0.2, 0.25) is 5.82 Å². The van der Waals surface area contributed by atoms with Crippen molar-refractivity contribution in [2.24, 2.45) is 0 Å². The first-order chi connectivity index (χ1) is 13.1. The van der Waals surface area contributed by atoms with Crippen LogP contribution in [0.25, 0.3) is 11.5 Å². The van der Waals surface area contributed by atoms with Crippen molar-refractivity contribution in [2.45, 2.75) is 18.4 Å². The highest BCUT2D eigenvalue weighted by Crippen LogP contribution is 2.43. The monoisotopic (exact) mass is 379 g/mol. The van der Waals surface area contributed by atoms with E-state index in [-0.39, 0.29) is 0 Å². The van der Waals surface area contributed by atoms with E-state index in [1.807, 2.05) is 66.0 Å². The highest BCUT2D eigenvalue weighted by molar-refractivity contribution is 7.97. The molecule has 0 radical (unpaired) electrons. The molecule has 27 heavy (non-hydrogen) atoms. The third kappa shape index (κ3) is 3.56. The van der Waals surface area contributed by atoms with Crippen LogP contribution in [0.5, 0.6) is 0 Å². The summed E-state index contributed by atoms with van der Waals surface area (Å²) in [4.78, 5) is 14.2. The summed E-state index contributed by atoms with van der Waals surface area (Å²) >= 11 is 1.53. The molecule has 7 nitrogen and oxygen atoms in total. The molecule has 4 rings (SSSR count). The molecular weight excluding hydrogens is 362 g/mol. The van der Waals surface area contributed by atoms with E-state index in [4.69, 9.17) is 4.74 Å². The molecule has 0 fully saturated rings. The van der Waals surface area contributed by atoms with E-state index in [0.29, 0.717) is 23.8 Å². The molecule has 1 aromatic heterocycles. The van der Waals surface area contributed by atoms with Crippen molar-refractivity contribution in [3.05, 3.63) is 71.5 Å². The minimum absolute atomic E-state index is 0.394. The number of ether oxygens (including phenoxy) is 1. The van der Waals surface area contributed by atoms with Crippen molar-refractivity contribution in [2.75, 3.05) is 7.05 Å². The summed E-state index contributed by atoms with van der Waals surface area (Å²) in [6, 6.07) is 17.7. The molecule has 0 unspecified atom stereocenters. The van der Waals surface area contributed by atoms with Crippen LogP contribution in [-0.2, 0) is 16.1 Å². The van der Waals surface area contributed by atoms with E-state index < -0.39 is 5.97 Å². The lowest BCUT2D eigenvalue weighted by atomic mass is 10.1. The number of tetrazole rings is 1. The van der Waals surface area contributed by atoms with Crippen LogP contribution < -0.4 is 0 Å². The molecule has 8 heteroatoms. The SMILES string of the molecule is CC(=O)OC1=C(c2nnn(Cc3ccccc3)n2)N(C)Sc2ccccc21. The van der Waals surface area contributed by atoms with Gasteiger partial charge in [0.05, 0.1) is 6.54 Å². The lowest BCUT2D eigenvalue weighted by Crippen LogP contribution is -2.18. The zero-order valence-corrected chi connectivity index (χ0v) is 15.7. The molecule has 0 aliphatic carbocycles. The lowest BCUT2D eigenvalue weighted by Gasteiger charge is -2.28. The number of fused-ring (bicyclic) bond motifs is 1. The second-order valence-corrected chi connectivity index (χ2v) is 7.16. The van der Waals surface area contributed by atoms with Gasteiger partial charge in [-0.15, -0.1) is 10.2 Å². The van der Waals surface area contributed by atoms with Gasteiger partial charge in [-0.3, -0.25) is 4.79 Å². The molecule has 0 bridgehead atoms. The van der Waals surface area contributed by atoms with Gasteiger partial charge in [0.25, 0.3) is 0 Å². The molecule has 3 aromatic rings. The number of carbonyl (C=O) groups is 1. The Morgan fingerprint density at radius 2 is 1.85 bits per heavy atom. The molecule has 0 amide bonds. The highest BCUT2D eigenvalue weighted by Gasteiger charge is 2.30. The average Bonchev–Trinajstić information content (AvgIpc) is 3.10. The fourth-order valence-corrected chi connectivity index (χ4v) is 3.79. The van der Waals surface area contributed by atoms with Crippen LogP contribution in [0.4, 0.5) is 0 Å². The predicted octanol–water partition coefficient (Wildman–Crippen LogP) is 3.06. The quantitative estimate of drug-likeness (QED) is 0.509. The summed E-state index contributed by atoms with van der Waals surface area (Å²) in [6.07, 6.45) is 0. The Hall–Kier alpha value is -3.13. The first-order valence-electron chi connectivity index (χ1n) is 8.37. The summed E-state index contributed by atoms with van der Waals surface area (Å²) in [5.41, 5.74) is 2.53. The van der Waals surface area contributed by atoms with Crippen molar-refractivity contribution >= 4 is 29.4 Å². The third-order valence-electron chi connectivity index (χ3n) is 3.97. The van der Waals surface area contributed by atoms with Crippen LogP contribution in [0.2, 0.25) is 0 Å². The van der Waals surface area contributed by atoms with Crippen molar-refractivity contribution in [3.8, 4) is 0 Å². The molecule has 0 N–H and O–H groups in total. The molecular formula is C19H17N5O2S. The fourth-order valence-electron chi connectivity index (χ4n) is 2.84. The number of hydrogen-bond acceptors (Lipinski definition) is 7. The summed E-state index contributed by atoms with van der Waals surface area (Å²) in [7, 11) is 1.89. The van der Waals surface area contributed by atoms with Gasteiger partial charge in [-0.25, -0.2) is 0 Å². The van der Waals surface area contributed by atoms with Crippen LogP contribution in [0.3, 0.4) is 0 Å². The van der Waals surface area contributed by atoms with Gasteiger partial charge in [0.1, 0.15) is 5.70 Å². The summed E-state index contributed by atoms with van der Waals surface area (Å²) in [5.74, 6) is 0.458. The maximum absolute atomic E-state index is 11.7. The molecule has 2 heterocycles. The molecule has 0 saturated heterocycles. The van der Waals surface area contributed by atoms with Crippen molar-refractivity contribution < 1.29 is 9.53 Å². The van der Waals surface area contributed by atoms with E-state index in [2.05, 4.69) is 15.4 Å². The average molecular weight is 379 g/mol. The zero-order chi connectivity index (χ0) is 18.8. The van der Waals surface area contributed by atoms with Gasteiger partial charge in [-0.1, -0.05) is 42.5 Å². The van der Waals surface area contributed by atoms with Gasteiger partial charge in [-0.05, 0) is 34.9 Å². The highest BCUT2D eigenvalue weighted by atomic mass is 32.2. The van der Waals surface area contributed by atoms with Crippen molar-refractivity contribution in [1.82, 2.24) is 24.5 Å². The van der Waals surface area contributed by atoms with Gasteiger partial charge in [-0.2, -0.15) is 4.80 Å². The Kier molecular flexibility index (Phi) is 4.64. The first kappa shape index (κ1) is 17.3. The minimum Gasteiger partial charge on any atom is -0.424 e. The van der Waals surface area contributed by atoms with Gasteiger partial charge >= 0.3 is 5.97 Å². The second-order valence-electron chi connectivity index (χ2n) is 5.99. The second kappa shape index (κ2) is 7.24. The van der Waals surface area contributed by atoms with Gasteiger partial charge in [0, 0.05) is 24.4 Å². The van der Waals surface area contributed by atoms with E-state index >= 15 is 0 Å². The molecule has 1 aliphatic rings. The number of rotatable bonds is 4. The number of esters is 1. The maximum atomic E-state index is 11.7. The van der Waals surface area contributed by atoms with E-state index in [1.54, 1.807) is 0 Å². The smallest absolute Gasteiger partial charge is 0.308 e.